The van der Waals surface area contributed by atoms with Crippen LogP contribution in [0.1, 0.15) is 44.6 Å². The monoisotopic (exact) mass is 292 g/mol. The van der Waals surface area contributed by atoms with Crippen molar-refractivity contribution < 1.29 is 9.53 Å². The van der Waals surface area contributed by atoms with E-state index in [1.54, 1.807) is 7.11 Å². The minimum atomic E-state index is 0.0707. The van der Waals surface area contributed by atoms with Crippen molar-refractivity contribution in [3.05, 3.63) is 23.8 Å². The van der Waals surface area contributed by atoms with Crippen LogP contribution in [0.4, 0.5) is 5.69 Å². The molecule has 1 unspecified atom stereocenters. The lowest BCUT2D eigenvalue weighted by Gasteiger charge is -2.15. The average Bonchev–Trinajstić information content (AvgIpc) is 2.47. The zero-order chi connectivity index (χ0) is 15.7. The molecular formula is C17H28N2O2. The number of anilines is 1. The van der Waals surface area contributed by atoms with Crippen molar-refractivity contribution in [1.82, 2.24) is 0 Å². The zero-order valence-corrected chi connectivity index (χ0v) is 13.4. The van der Waals surface area contributed by atoms with Crippen LogP contribution >= 0.6 is 0 Å². The van der Waals surface area contributed by atoms with E-state index in [4.69, 9.17) is 10.5 Å². The Morgan fingerprint density at radius 3 is 2.67 bits per heavy atom. The Morgan fingerprint density at radius 1 is 1.33 bits per heavy atom. The van der Waals surface area contributed by atoms with Crippen LogP contribution in [0.5, 0.6) is 5.75 Å². The van der Waals surface area contributed by atoms with Crippen LogP contribution in [0.3, 0.4) is 0 Å². The molecule has 3 N–H and O–H groups in total. The van der Waals surface area contributed by atoms with Gasteiger partial charge in [0.25, 0.3) is 0 Å². The van der Waals surface area contributed by atoms with Gasteiger partial charge in [0.05, 0.1) is 7.11 Å². The number of ether oxygens (including phenoxy) is 1. The van der Waals surface area contributed by atoms with Crippen molar-refractivity contribution in [1.29, 1.82) is 0 Å². The zero-order valence-electron chi connectivity index (χ0n) is 13.4. The molecule has 0 radical (unpaired) electrons. The number of benzene rings is 1. The lowest BCUT2D eigenvalue weighted by atomic mass is 9.94. The first kappa shape index (κ1) is 17.5. The molecule has 1 aromatic carbocycles. The quantitative estimate of drug-likeness (QED) is 0.732. The van der Waals surface area contributed by atoms with Crippen LogP contribution in [0.2, 0.25) is 0 Å². The smallest absolute Gasteiger partial charge is 0.224 e. The summed E-state index contributed by atoms with van der Waals surface area (Å²) >= 11 is 0. The lowest BCUT2D eigenvalue weighted by Crippen LogP contribution is -2.16. The Hall–Kier alpha value is -1.55. The molecule has 0 fully saturated rings. The van der Waals surface area contributed by atoms with Gasteiger partial charge in [-0.15, -0.1) is 0 Å². The number of nitrogens with two attached hydrogens (primary N) is 1. The molecule has 4 heteroatoms. The molecule has 4 nitrogen and oxygen atoms in total. The van der Waals surface area contributed by atoms with Gasteiger partial charge in [-0.25, -0.2) is 0 Å². The predicted molar refractivity (Wildman–Crippen MR) is 87.7 cm³/mol. The molecule has 1 atom stereocenters. The molecule has 0 heterocycles. The van der Waals surface area contributed by atoms with E-state index in [2.05, 4.69) is 12.2 Å². The third-order valence-corrected chi connectivity index (χ3v) is 3.76. The fraction of sp³-hybridized carbons (Fsp3) is 0.588. The average molecular weight is 292 g/mol. The Kier molecular flexibility index (Phi) is 7.83. The van der Waals surface area contributed by atoms with Gasteiger partial charge in [0.15, 0.2) is 0 Å². The number of carbonyl (C=O) groups is 1. The third-order valence-electron chi connectivity index (χ3n) is 3.76. The van der Waals surface area contributed by atoms with E-state index in [-0.39, 0.29) is 5.91 Å². The van der Waals surface area contributed by atoms with Crippen LogP contribution in [0, 0.1) is 12.8 Å². The molecule has 1 amide bonds. The summed E-state index contributed by atoms with van der Waals surface area (Å²) in [5.74, 6) is 1.43. The van der Waals surface area contributed by atoms with E-state index < -0.39 is 0 Å². The molecule has 1 aromatic rings. The van der Waals surface area contributed by atoms with Gasteiger partial charge in [0.1, 0.15) is 5.75 Å². The topological polar surface area (TPSA) is 64.4 Å². The van der Waals surface area contributed by atoms with Crippen molar-refractivity contribution in [2.45, 2.75) is 46.0 Å². The van der Waals surface area contributed by atoms with Gasteiger partial charge in [-0.1, -0.05) is 19.8 Å². The molecule has 118 valence electrons. The highest BCUT2D eigenvalue weighted by Gasteiger charge is 2.11. The maximum Gasteiger partial charge on any atom is 0.224 e. The highest BCUT2D eigenvalue weighted by molar-refractivity contribution is 5.91. The second kappa shape index (κ2) is 9.40. The maximum atomic E-state index is 12.1. The van der Waals surface area contributed by atoms with Gasteiger partial charge >= 0.3 is 0 Å². The van der Waals surface area contributed by atoms with E-state index in [1.807, 2.05) is 25.1 Å². The van der Waals surface area contributed by atoms with Crippen LogP contribution in [-0.4, -0.2) is 19.6 Å². The molecule has 0 saturated carbocycles. The molecular weight excluding hydrogens is 264 g/mol. The molecule has 0 spiro atoms. The minimum Gasteiger partial charge on any atom is -0.497 e. The van der Waals surface area contributed by atoms with E-state index in [9.17, 15) is 4.79 Å². The fourth-order valence-corrected chi connectivity index (χ4v) is 2.53. The van der Waals surface area contributed by atoms with Gasteiger partial charge in [0, 0.05) is 12.1 Å². The fourth-order valence-electron chi connectivity index (χ4n) is 2.53. The number of hydrogen-bond donors (Lipinski definition) is 2. The van der Waals surface area contributed by atoms with Gasteiger partial charge in [-0.3, -0.25) is 4.79 Å². The summed E-state index contributed by atoms with van der Waals surface area (Å²) < 4.78 is 5.16. The van der Waals surface area contributed by atoms with Gasteiger partial charge in [0.2, 0.25) is 5.91 Å². The summed E-state index contributed by atoms with van der Waals surface area (Å²) in [7, 11) is 1.64. The summed E-state index contributed by atoms with van der Waals surface area (Å²) in [5.41, 5.74) is 7.49. The molecule has 0 aliphatic rings. The van der Waals surface area contributed by atoms with Crippen LogP contribution in [-0.2, 0) is 4.79 Å². The Bertz CT molecular complexity index is 440. The molecule has 21 heavy (non-hydrogen) atoms. The molecule has 1 rings (SSSR count). The van der Waals surface area contributed by atoms with Crippen molar-refractivity contribution in [2.24, 2.45) is 11.7 Å². The van der Waals surface area contributed by atoms with Gasteiger partial charge in [-0.2, -0.15) is 0 Å². The molecule has 0 saturated heterocycles. The summed E-state index contributed by atoms with van der Waals surface area (Å²) in [6, 6.07) is 5.66. The maximum absolute atomic E-state index is 12.1. The first-order chi connectivity index (χ1) is 10.1. The number of nitrogens with one attached hydrogen (secondary N) is 1. The Morgan fingerprint density at radius 2 is 2.10 bits per heavy atom. The standard InChI is InChI=1S/C17H28N2O2/c1-4-5-14(10-11-18)6-9-17(20)19-16-8-7-15(21-3)12-13(16)2/h7-8,12,14H,4-6,9-11,18H2,1-3H3,(H,19,20). The highest BCUT2D eigenvalue weighted by atomic mass is 16.5. The number of carbonyl (C=O) groups excluding carboxylic acids is 1. The van der Waals surface area contributed by atoms with Crippen LogP contribution in [0.15, 0.2) is 18.2 Å². The molecule has 0 bridgehead atoms. The Balaban J connectivity index is 2.49. The third kappa shape index (κ3) is 6.17. The second-order valence-corrected chi connectivity index (χ2v) is 5.50. The summed E-state index contributed by atoms with van der Waals surface area (Å²) in [6.07, 6.45) is 4.75. The first-order valence-corrected chi connectivity index (χ1v) is 7.75. The van der Waals surface area contributed by atoms with Gasteiger partial charge < -0.3 is 15.8 Å². The number of rotatable bonds is 9. The normalized spacial score (nSPS) is 12.0. The minimum absolute atomic E-state index is 0.0707. The van der Waals surface area contributed by atoms with Gasteiger partial charge in [-0.05, 0) is 56.0 Å². The predicted octanol–water partition coefficient (Wildman–Crippen LogP) is 3.49. The molecule has 0 aliphatic carbocycles. The highest BCUT2D eigenvalue weighted by Crippen LogP contribution is 2.22. The van der Waals surface area contributed by atoms with Crippen molar-refractivity contribution >= 4 is 11.6 Å². The van der Waals surface area contributed by atoms with E-state index in [0.29, 0.717) is 18.9 Å². The largest absolute Gasteiger partial charge is 0.497 e. The number of hydrogen-bond acceptors (Lipinski definition) is 3. The van der Waals surface area contributed by atoms with Crippen molar-refractivity contribution in [3.63, 3.8) is 0 Å². The molecule has 0 aliphatic heterocycles. The number of amides is 1. The van der Waals surface area contributed by atoms with E-state index >= 15 is 0 Å². The molecule has 0 aromatic heterocycles. The summed E-state index contributed by atoms with van der Waals surface area (Å²) in [4.78, 5) is 12.1. The Labute approximate surface area is 128 Å². The summed E-state index contributed by atoms with van der Waals surface area (Å²) in [6.45, 7) is 4.83. The second-order valence-electron chi connectivity index (χ2n) is 5.50. The number of methoxy groups -OCH3 is 1. The van der Waals surface area contributed by atoms with E-state index in [0.717, 1.165) is 42.7 Å². The van der Waals surface area contributed by atoms with Crippen molar-refractivity contribution in [2.75, 3.05) is 19.0 Å². The summed E-state index contributed by atoms with van der Waals surface area (Å²) in [5, 5.41) is 2.98. The lowest BCUT2D eigenvalue weighted by molar-refractivity contribution is -0.116. The number of aryl methyl sites for hydroxylation is 1. The van der Waals surface area contributed by atoms with Crippen LogP contribution in [0.25, 0.3) is 0 Å². The van der Waals surface area contributed by atoms with E-state index in [1.165, 1.54) is 0 Å². The first-order valence-electron chi connectivity index (χ1n) is 7.75. The SMILES string of the molecule is CCCC(CCN)CCC(=O)Nc1ccc(OC)cc1C. The van der Waals surface area contributed by atoms with Crippen molar-refractivity contribution in [3.8, 4) is 5.75 Å². The van der Waals surface area contributed by atoms with Crippen LogP contribution < -0.4 is 15.8 Å².